The normalized spacial score (nSPS) is 17.7. The Hall–Kier alpha value is -2.47. The van der Waals surface area contributed by atoms with Crippen molar-refractivity contribution in [3.8, 4) is 0 Å². The maximum Gasteiger partial charge on any atom is 0.274 e. The molecule has 0 radical (unpaired) electrons. The highest BCUT2D eigenvalue weighted by Gasteiger charge is 2.27. The van der Waals surface area contributed by atoms with E-state index in [4.69, 9.17) is 0 Å². The van der Waals surface area contributed by atoms with Gasteiger partial charge in [-0.25, -0.2) is 4.98 Å². The number of amides is 1. The Balaban J connectivity index is 1.57. The number of nitrogens with zero attached hydrogens (tertiary/aromatic N) is 3. The molecule has 6 heteroatoms. The second kappa shape index (κ2) is 8.07. The molecule has 1 atom stereocenters. The second-order valence-electron chi connectivity index (χ2n) is 6.56. The third kappa shape index (κ3) is 4.54. The van der Waals surface area contributed by atoms with E-state index in [9.17, 15) is 9.59 Å². The highest BCUT2D eigenvalue weighted by molar-refractivity contribution is 5.92. The van der Waals surface area contributed by atoms with Crippen LogP contribution in [0, 0.1) is 0 Å². The third-order valence-corrected chi connectivity index (χ3v) is 4.79. The molecule has 1 aliphatic heterocycles. The van der Waals surface area contributed by atoms with Crippen LogP contribution in [0.25, 0.3) is 0 Å². The number of benzene rings is 1. The molecular weight excluding hydrogens is 316 g/mol. The average molecular weight is 340 g/mol. The zero-order valence-corrected chi connectivity index (χ0v) is 14.5. The van der Waals surface area contributed by atoms with Gasteiger partial charge < -0.3 is 14.8 Å². The molecule has 1 aliphatic rings. The summed E-state index contributed by atoms with van der Waals surface area (Å²) in [5, 5.41) is 0. The molecule has 0 saturated carbocycles. The van der Waals surface area contributed by atoms with Crippen LogP contribution in [0.2, 0.25) is 0 Å². The number of nitrogens with one attached hydrogen (secondary N) is 1. The van der Waals surface area contributed by atoms with Gasteiger partial charge in [0.25, 0.3) is 11.5 Å². The summed E-state index contributed by atoms with van der Waals surface area (Å²) in [4.78, 5) is 34.3. The van der Waals surface area contributed by atoms with Crippen LogP contribution in [0.15, 0.2) is 47.5 Å². The summed E-state index contributed by atoms with van der Waals surface area (Å²) in [5.41, 5.74) is 1.33. The molecule has 0 bridgehead atoms. The van der Waals surface area contributed by atoms with Gasteiger partial charge in [-0.1, -0.05) is 30.3 Å². The van der Waals surface area contributed by atoms with Crippen molar-refractivity contribution in [3.63, 3.8) is 0 Å². The van der Waals surface area contributed by atoms with Gasteiger partial charge in [0.1, 0.15) is 5.69 Å². The zero-order valence-electron chi connectivity index (χ0n) is 14.5. The van der Waals surface area contributed by atoms with Crippen LogP contribution >= 0.6 is 0 Å². The minimum absolute atomic E-state index is 0.114. The number of likely N-dealkylation sites (N-methyl/N-ethyl adjacent to an activating group) is 1. The third-order valence-electron chi connectivity index (χ3n) is 4.79. The number of H-pyrrole nitrogens is 1. The lowest BCUT2D eigenvalue weighted by Crippen LogP contribution is -2.49. The molecule has 0 spiro atoms. The fourth-order valence-corrected chi connectivity index (χ4v) is 3.25. The first-order valence-electron chi connectivity index (χ1n) is 8.71. The van der Waals surface area contributed by atoms with E-state index in [0.717, 1.165) is 38.5 Å². The van der Waals surface area contributed by atoms with E-state index in [1.807, 2.05) is 11.0 Å². The van der Waals surface area contributed by atoms with Crippen molar-refractivity contribution in [3.05, 3.63) is 64.3 Å². The van der Waals surface area contributed by atoms with E-state index in [2.05, 4.69) is 46.2 Å². The zero-order chi connectivity index (χ0) is 17.6. The summed E-state index contributed by atoms with van der Waals surface area (Å²) >= 11 is 0. The van der Waals surface area contributed by atoms with Crippen LogP contribution in [0.3, 0.4) is 0 Å². The monoisotopic (exact) mass is 340 g/mol. The molecule has 25 heavy (non-hydrogen) atoms. The van der Waals surface area contributed by atoms with E-state index in [1.54, 1.807) is 0 Å². The van der Waals surface area contributed by atoms with E-state index in [1.165, 1.54) is 11.8 Å². The van der Waals surface area contributed by atoms with Gasteiger partial charge in [0, 0.05) is 31.9 Å². The smallest absolute Gasteiger partial charge is 0.274 e. The number of hydrogen-bond donors (Lipinski definition) is 1. The van der Waals surface area contributed by atoms with Crippen molar-refractivity contribution in [1.82, 2.24) is 19.8 Å². The van der Waals surface area contributed by atoms with Crippen molar-refractivity contribution >= 4 is 5.91 Å². The summed E-state index contributed by atoms with van der Waals surface area (Å²) in [7, 11) is 2.12. The summed E-state index contributed by atoms with van der Waals surface area (Å²) in [6.45, 7) is 2.40. The molecule has 132 valence electrons. The molecule has 1 amide bonds. The Morgan fingerprint density at radius 1 is 1.36 bits per heavy atom. The van der Waals surface area contributed by atoms with E-state index in [0.29, 0.717) is 18.3 Å². The van der Waals surface area contributed by atoms with E-state index < -0.39 is 0 Å². The fraction of sp³-hybridized carbons (Fsp3) is 0.421. The maximum absolute atomic E-state index is 12.6. The highest BCUT2D eigenvalue weighted by Crippen LogP contribution is 2.17. The number of aromatic nitrogens is 2. The SMILES string of the molecule is CN(CCc1ccccc1)[C@H]1CCCN(C(=O)c2c[nH]c(=O)cn2)C1. The van der Waals surface area contributed by atoms with Crippen LogP contribution < -0.4 is 5.56 Å². The van der Waals surface area contributed by atoms with Crippen LogP contribution in [0.4, 0.5) is 0 Å². The second-order valence-corrected chi connectivity index (χ2v) is 6.56. The lowest BCUT2D eigenvalue weighted by molar-refractivity contribution is 0.0605. The summed E-state index contributed by atoms with van der Waals surface area (Å²) in [6, 6.07) is 10.8. The van der Waals surface area contributed by atoms with Gasteiger partial charge in [-0.15, -0.1) is 0 Å². The van der Waals surface area contributed by atoms with Crippen LogP contribution in [0.5, 0.6) is 0 Å². The van der Waals surface area contributed by atoms with Crippen molar-refractivity contribution in [1.29, 1.82) is 0 Å². The average Bonchev–Trinajstić information content (AvgIpc) is 2.67. The van der Waals surface area contributed by atoms with Gasteiger partial charge in [0.05, 0.1) is 6.20 Å². The molecule has 0 unspecified atom stereocenters. The van der Waals surface area contributed by atoms with Gasteiger partial charge >= 0.3 is 0 Å². The van der Waals surface area contributed by atoms with Gasteiger partial charge in [0.2, 0.25) is 0 Å². The van der Waals surface area contributed by atoms with Crippen LogP contribution in [-0.4, -0.2) is 58.4 Å². The Morgan fingerprint density at radius 2 is 2.16 bits per heavy atom. The van der Waals surface area contributed by atoms with Gasteiger partial charge in [0.15, 0.2) is 0 Å². The topological polar surface area (TPSA) is 69.3 Å². The molecule has 6 nitrogen and oxygen atoms in total. The number of aromatic amines is 1. The molecule has 1 N–H and O–H groups in total. The first-order valence-corrected chi connectivity index (χ1v) is 8.71. The Kier molecular flexibility index (Phi) is 5.60. The van der Waals surface area contributed by atoms with Gasteiger partial charge in [-0.2, -0.15) is 0 Å². The minimum Gasteiger partial charge on any atom is -0.336 e. The first-order chi connectivity index (χ1) is 12.1. The van der Waals surface area contributed by atoms with Gasteiger partial charge in [-0.3, -0.25) is 9.59 Å². The lowest BCUT2D eigenvalue weighted by Gasteiger charge is -2.37. The van der Waals surface area contributed by atoms with Crippen LogP contribution in [-0.2, 0) is 6.42 Å². The largest absolute Gasteiger partial charge is 0.336 e. The molecule has 1 aromatic carbocycles. The number of rotatable bonds is 5. The minimum atomic E-state index is -0.297. The predicted molar refractivity (Wildman–Crippen MR) is 96.6 cm³/mol. The number of hydrogen-bond acceptors (Lipinski definition) is 4. The molecule has 1 saturated heterocycles. The molecule has 1 aromatic heterocycles. The van der Waals surface area contributed by atoms with Crippen molar-refractivity contribution in [2.75, 3.05) is 26.7 Å². The number of carbonyl (C=O) groups excluding carboxylic acids is 1. The van der Waals surface area contributed by atoms with E-state index in [-0.39, 0.29) is 11.5 Å². The summed E-state index contributed by atoms with van der Waals surface area (Å²) in [6.07, 6.45) is 5.63. The molecule has 2 aromatic rings. The molecule has 1 fully saturated rings. The summed E-state index contributed by atoms with van der Waals surface area (Å²) in [5.74, 6) is -0.114. The van der Waals surface area contributed by atoms with Crippen LogP contribution in [0.1, 0.15) is 28.9 Å². The summed E-state index contributed by atoms with van der Waals surface area (Å²) < 4.78 is 0. The molecule has 2 heterocycles. The van der Waals surface area contributed by atoms with Crippen molar-refractivity contribution in [2.24, 2.45) is 0 Å². The molecule has 3 rings (SSSR count). The number of carbonyl (C=O) groups is 1. The first kappa shape index (κ1) is 17.4. The predicted octanol–water partition coefficient (Wildman–Crippen LogP) is 1.55. The number of piperidine rings is 1. The Morgan fingerprint density at radius 3 is 2.88 bits per heavy atom. The van der Waals surface area contributed by atoms with E-state index >= 15 is 0 Å². The van der Waals surface area contributed by atoms with Crippen molar-refractivity contribution in [2.45, 2.75) is 25.3 Å². The highest BCUT2D eigenvalue weighted by atomic mass is 16.2. The maximum atomic E-state index is 12.6. The molecule has 0 aliphatic carbocycles. The van der Waals surface area contributed by atoms with Gasteiger partial charge in [-0.05, 0) is 31.9 Å². The number of likely N-dealkylation sites (tertiary alicyclic amines) is 1. The van der Waals surface area contributed by atoms with Crippen molar-refractivity contribution < 1.29 is 4.79 Å². The molecular formula is C19H24N4O2. The Bertz CT molecular complexity index is 739. The fourth-order valence-electron chi connectivity index (χ4n) is 3.25. The quantitative estimate of drug-likeness (QED) is 0.897. The standard InChI is InChI=1S/C19H24N4O2/c1-22(11-9-15-6-3-2-4-7-15)16-8-5-10-23(14-16)19(25)17-12-21-18(24)13-20-17/h2-4,6-7,12-13,16H,5,8-11,14H2,1H3,(H,21,24)/t16-/m0/s1. The Labute approximate surface area is 147 Å². The lowest BCUT2D eigenvalue weighted by atomic mass is 10.0.